The number of nitrogens with zero attached hydrogens (tertiary/aromatic N) is 1. The van der Waals surface area contributed by atoms with Gasteiger partial charge in [0.1, 0.15) is 0 Å². The van der Waals surface area contributed by atoms with Gasteiger partial charge >= 0.3 is 0 Å². The van der Waals surface area contributed by atoms with Gasteiger partial charge in [-0.05, 0) is 20.3 Å². The highest BCUT2D eigenvalue weighted by atomic mass is 16.5. The van der Waals surface area contributed by atoms with E-state index in [0.717, 1.165) is 26.1 Å². The molecule has 2 atom stereocenters. The van der Waals surface area contributed by atoms with Crippen molar-refractivity contribution in [1.29, 1.82) is 0 Å². The van der Waals surface area contributed by atoms with Gasteiger partial charge in [0.25, 0.3) is 0 Å². The van der Waals surface area contributed by atoms with Crippen LogP contribution in [0, 0.1) is 0 Å². The molecular formula is C10H20N2O2. The zero-order valence-electron chi connectivity index (χ0n) is 9.25. The molecule has 1 aliphatic rings. The SMILES string of the molecule is CCN(CC)C(=O)C1CC(OC)CN1. The third-order valence-electron chi connectivity index (χ3n) is 2.80. The topological polar surface area (TPSA) is 41.6 Å². The molecule has 0 saturated carbocycles. The summed E-state index contributed by atoms with van der Waals surface area (Å²) in [6.07, 6.45) is 0.991. The average molecular weight is 200 g/mol. The molecule has 82 valence electrons. The molecule has 0 aromatic carbocycles. The lowest BCUT2D eigenvalue weighted by Crippen LogP contribution is -2.43. The fourth-order valence-electron chi connectivity index (χ4n) is 1.83. The van der Waals surface area contributed by atoms with Crippen LogP contribution in [-0.2, 0) is 9.53 Å². The van der Waals surface area contributed by atoms with Gasteiger partial charge in [0.05, 0.1) is 12.1 Å². The lowest BCUT2D eigenvalue weighted by atomic mass is 10.2. The van der Waals surface area contributed by atoms with Gasteiger partial charge < -0.3 is 15.0 Å². The van der Waals surface area contributed by atoms with Crippen LogP contribution in [0.4, 0.5) is 0 Å². The Hall–Kier alpha value is -0.610. The second kappa shape index (κ2) is 5.32. The second-order valence-electron chi connectivity index (χ2n) is 3.56. The minimum Gasteiger partial charge on any atom is -0.380 e. The molecular weight excluding hydrogens is 180 g/mol. The van der Waals surface area contributed by atoms with Crippen molar-refractivity contribution in [2.45, 2.75) is 32.4 Å². The summed E-state index contributed by atoms with van der Waals surface area (Å²) in [5, 5.41) is 3.19. The minimum atomic E-state index is -0.0418. The summed E-state index contributed by atoms with van der Waals surface area (Å²) in [5.41, 5.74) is 0. The number of likely N-dealkylation sites (N-methyl/N-ethyl adjacent to an activating group) is 1. The van der Waals surface area contributed by atoms with Crippen molar-refractivity contribution in [2.75, 3.05) is 26.7 Å². The van der Waals surface area contributed by atoms with E-state index in [0.29, 0.717) is 0 Å². The number of carbonyl (C=O) groups excluding carboxylic acids is 1. The molecule has 1 saturated heterocycles. The molecule has 1 heterocycles. The van der Waals surface area contributed by atoms with Crippen LogP contribution < -0.4 is 5.32 Å². The zero-order valence-corrected chi connectivity index (χ0v) is 9.25. The summed E-state index contributed by atoms with van der Waals surface area (Å²) >= 11 is 0. The van der Waals surface area contributed by atoms with Crippen LogP contribution in [0.5, 0.6) is 0 Å². The van der Waals surface area contributed by atoms with E-state index in [9.17, 15) is 4.79 Å². The van der Waals surface area contributed by atoms with Crippen LogP contribution in [0.25, 0.3) is 0 Å². The summed E-state index contributed by atoms with van der Waals surface area (Å²) in [6, 6.07) is -0.0418. The summed E-state index contributed by atoms with van der Waals surface area (Å²) < 4.78 is 5.21. The van der Waals surface area contributed by atoms with Crippen LogP contribution in [0.15, 0.2) is 0 Å². The predicted molar refractivity (Wildman–Crippen MR) is 55.1 cm³/mol. The van der Waals surface area contributed by atoms with E-state index >= 15 is 0 Å². The Morgan fingerprint density at radius 2 is 2.14 bits per heavy atom. The Balaban J connectivity index is 2.45. The molecule has 1 fully saturated rings. The van der Waals surface area contributed by atoms with Gasteiger partial charge in [0.15, 0.2) is 0 Å². The second-order valence-corrected chi connectivity index (χ2v) is 3.56. The molecule has 4 nitrogen and oxygen atoms in total. The third kappa shape index (κ3) is 2.45. The Morgan fingerprint density at radius 3 is 2.57 bits per heavy atom. The summed E-state index contributed by atoms with van der Waals surface area (Å²) in [6.45, 7) is 6.36. The Labute approximate surface area is 85.6 Å². The first-order valence-corrected chi connectivity index (χ1v) is 5.27. The molecule has 1 N–H and O–H groups in total. The van der Waals surface area contributed by atoms with Gasteiger partial charge in [-0.1, -0.05) is 0 Å². The van der Waals surface area contributed by atoms with Gasteiger partial charge in [0.2, 0.25) is 5.91 Å². The number of methoxy groups -OCH3 is 1. The van der Waals surface area contributed by atoms with Gasteiger partial charge in [-0.2, -0.15) is 0 Å². The highest BCUT2D eigenvalue weighted by Gasteiger charge is 2.31. The lowest BCUT2D eigenvalue weighted by Gasteiger charge is -2.22. The smallest absolute Gasteiger partial charge is 0.239 e. The monoisotopic (exact) mass is 200 g/mol. The van der Waals surface area contributed by atoms with Crippen LogP contribution in [0.2, 0.25) is 0 Å². The van der Waals surface area contributed by atoms with E-state index in [-0.39, 0.29) is 18.1 Å². The molecule has 1 rings (SSSR count). The Kier molecular flexibility index (Phi) is 4.35. The van der Waals surface area contributed by atoms with E-state index in [2.05, 4.69) is 5.32 Å². The summed E-state index contributed by atoms with van der Waals surface area (Å²) in [5.74, 6) is 0.203. The Bertz CT molecular complexity index is 193. The molecule has 1 amide bonds. The van der Waals surface area contributed by atoms with Crippen LogP contribution in [-0.4, -0.2) is 49.7 Å². The number of ether oxygens (including phenoxy) is 1. The molecule has 0 aliphatic carbocycles. The molecule has 0 radical (unpaired) electrons. The van der Waals surface area contributed by atoms with Crippen molar-refractivity contribution >= 4 is 5.91 Å². The van der Waals surface area contributed by atoms with Gasteiger partial charge in [-0.3, -0.25) is 4.79 Å². The summed E-state index contributed by atoms with van der Waals surface area (Å²) in [4.78, 5) is 13.7. The van der Waals surface area contributed by atoms with E-state index in [1.165, 1.54) is 0 Å². The summed E-state index contributed by atoms with van der Waals surface area (Å²) in [7, 11) is 1.69. The van der Waals surface area contributed by atoms with Gasteiger partial charge in [-0.15, -0.1) is 0 Å². The average Bonchev–Trinajstić information content (AvgIpc) is 2.67. The molecule has 14 heavy (non-hydrogen) atoms. The van der Waals surface area contributed by atoms with Crippen LogP contribution in [0.1, 0.15) is 20.3 Å². The van der Waals surface area contributed by atoms with E-state index in [4.69, 9.17) is 4.74 Å². The molecule has 0 aromatic heterocycles. The fraction of sp³-hybridized carbons (Fsp3) is 0.900. The van der Waals surface area contributed by atoms with Crippen molar-refractivity contribution in [3.8, 4) is 0 Å². The maximum atomic E-state index is 11.9. The zero-order chi connectivity index (χ0) is 10.6. The normalized spacial score (nSPS) is 26.5. The molecule has 1 aliphatic heterocycles. The molecule has 0 bridgehead atoms. The quantitative estimate of drug-likeness (QED) is 0.706. The molecule has 0 aromatic rings. The highest BCUT2D eigenvalue weighted by molar-refractivity contribution is 5.82. The number of rotatable bonds is 4. The first kappa shape index (κ1) is 11.5. The first-order chi connectivity index (χ1) is 6.72. The third-order valence-corrected chi connectivity index (χ3v) is 2.80. The fourth-order valence-corrected chi connectivity index (χ4v) is 1.83. The van der Waals surface area contributed by atoms with Gasteiger partial charge in [-0.25, -0.2) is 0 Å². The van der Waals surface area contributed by atoms with E-state index in [1.807, 2.05) is 18.7 Å². The molecule has 4 heteroatoms. The largest absolute Gasteiger partial charge is 0.380 e. The van der Waals surface area contributed by atoms with Gasteiger partial charge in [0, 0.05) is 26.7 Å². The maximum Gasteiger partial charge on any atom is 0.239 e. The molecule has 0 spiro atoms. The van der Waals surface area contributed by atoms with Crippen molar-refractivity contribution < 1.29 is 9.53 Å². The van der Waals surface area contributed by atoms with E-state index in [1.54, 1.807) is 7.11 Å². The van der Waals surface area contributed by atoms with E-state index < -0.39 is 0 Å². The standard InChI is InChI=1S/C10H20N2O2/c1-4-12(5-2)10(13)9-6-8(14-3)7-11-9/h8-9,11H,4-7H2,1-3H3. The first-order valence-electron chi connectivity index (χ1n) is 5.27. The number of hydrogen-bond donors (Lipinski definition) is 1. The predicted octanol–water partition coefficient (Wildman–Crippen LogP) is 0.232. The van der Waals surface area contributed by atoms with Crippen molar-refractivity contribution in [3.63, 3.8) is 0 Å². The number of carbonyl (C=O) groups is 1. The van der Waals surface area contributed by atoms with Crippen molar-refractivity contribution in [1.82, 2.24) is 10.2 Å². The minimum absolute atomic E-state index is 0.0418. The van der Waals surface area contributed by atoms with Crippen LogP contribution >= 0.6 is 0 Å². The van der Waals surface area contributed by atoms with Crippen molar-refractivity contribution in [2.24, 2.45) is 0 Å². The molecule has 2 unspecified atom stereocenters. The highest BCUT2D eigenvalue weighted by Crippen LogP contribution is 2.11. The number of hydrogen-bond acceptors (Lipinski definition) is 3. The number of nitrogens with one attached hydrogen (secondary N) is 1. The van der Waals surface area contributed by atoms with Crippen LogP contribution in [0.3, 0.4) is 0 Å². The maximum absolute atomic E-state index is 11.9. The Morgan fingerprint density at radius 1 is 1.50 bits per heavy atom. The lowest BCUT2D eigenvalue weighted by molar-refractivity contribution is -0.132. The number of amides is 1. The van der Waals surface area contributed by atoms with Crippen molar-refractivity contribution in [3.05, 3.63) is 0 Å².